The predicted octanol–water partition coefficient (Wildman–Crippen LogP) is 3.21. The van der Waals surface area contributed by atoms with E-state index in [2.05, 4.69) is 39.9 Å². The highest BCUT2D eigenvalue weighted by Gasteiger charge is 2.27. The molecule has 6 nitrogen and oxygen atoms in total. The quantitative estimate of drug-likeness (QED) is 0.901. The lowest BCUT2D eigenvalue weighted by atomic mass is 9.97. The lowest BCUT2D eigenvalue weighted by Crippen LogP contribution is -2.45. The van der Waals surface area contributed by atoms with Crippen LogP contribution in [-0.4, -0.2) is 40.7 Å². The van der Waals surface area contributed by atoms with Gasteiger partial charge in [0.15, 0.2) is 5.82 Å². The first-order valence-electron chi connectivity index (χ1n) is 8.47. The van der Waals surface area contributed by atoms with Crippen LogP contribution < -0.4 is 5.32 Å². The Hall–Kier alpha value is -1.89. The number of urea groups is 1. The van der Waals surface area contributed by atoms with E-state index in [1.807, 2.05) is 11.8 Å². The maximum Gasteiger partial charge on any atom is 0.317 e. The van der Waals surface area contributed by atoms with Crippen molar-refractivity contribution in [1.82, 2.24) is 20.4 Å². The van der Waals surface area contributed by atoms with Gasteiger partial charge in [-0.05, 0) is 43.6 Å². The molecular weight excluding hydrogens is 324 g/mol. The lowest BCUT2D eigenvalue weighted by Gasteiger charge is -2.30. The summed E-state index contributed by atoms with van der Waals surface area (Å²) in [5.74, 6) is 2.08. The molecule has 1 atom stereocenters. The van der Waals surface area contributed by atoms with Crippen LogP contribution in [0, 0.1) is 12.8 Å². The highest BCUT2D eigenvalue weighted by Crippen LogP contribution is 2.26. The topological polar surface area (TPSA) is 71.3 Å². The van der Waals surface area contributed by atoms with Crippen LogP contribution in [0.5, 0.6) is 0 Å². The fraction of sp³-hybridized carbons (Fsp3) is 0.588. The number of hydrogen-bond acceptors (Lipinski definition) is 5. The third-order valence-corrected chi connectivity index (χ3v) is 5.30. The Kier molecular flexibility index (Phi) is 5.50. The number of thiophene rings is 1. The normalized spacial score (nSPS) is 17.0. The minimum atomic E-state index is 0.0354. The van der Waals surface area contributed by atoms with E-state index in [-0.39, 0.29) is 11.9 Å². The lowest BCUT2D eigenvalue weighted by molar-refractivity contribution is 0.174. The SMILES string of the molecule is Cc1noc(C2CCN(C(=O)NCC(C)Cc3cccs3)CC2)n1. The molecule has 24 heavy (non-hydrogen) atoms. The second kappa shape index (κ2) is 7.79. The molecule has 130 valence electrons. The largest absolute Gasteiger partial charge is 0.339 e. The summed E-state index contributed by atoms with van der Waals surface area (Å²) in [6.07, 6.45) is 2.76. The van der Waals surface area contributed by atoms with Gasteiger partial charge in [-0.25, -0.2) is 4.79 Å². The summed E-state index contributed by atoms with van der Waals surface area (Å²) >= 11 is 1.77. The Bertz CT molecular complexity index is 647. The van der Waals surface area contributed by atoms with Gasteiger partial charge in [-0.15, -0.1) is 11.3 Å². The third kappa shape index (κ3) is 4.35. The maximum atomic E-state index is 12.3. The Labute approximate surface area is 146 Å². The predicted molar refractivity (Wildman–Crippen MR) is 93.2 cm³/mol. The molecule has 2 aromatic rings. The third-order valence-electron chi connectivity index (χ3n) is 4.41. The average molecular weight is 348 g/mol. The summed E-state index contributed by atoms with van der Waals surface area (Å²) in [5, 5.41) is 9.00. The summed E-state index contributed by atoms with van der Waals surface area (Å²) in [4.78, 5) is 19.9. The van der Waals surface area contributed by atoms with Gasteiger partial charge >= 0.3 is 6.03 Å². The van der Waals surface area contributed by atoms with E-state index in [1.165, 1.54) is 4.88 Å². The number of aromatic nitrogens is 2. The number of carbonyl (C=O) groups excluding carboxylic acids is 1. The van der Waals surface area contributed by atoms with Crippen LogP contribution >= 0.6 is 11.3 Å². The fourth-order valence-electron chi connectivity index (χ4n) is 3.03. The van der Waals surface area contributed by atoms with Crippen LogP contribution in [0.3, 0.4) is 0 Å². The fourth-order valence-corrected chi connectivity index (χ4v) is 3.90. The molecule has 0 saturated carbocycles. The molecule has 1 aliphatic heterocycles. The molecule has 1 aliphatic rings. The first-order valence-corrected chi connectivity index (χ1v) is 9.35. The number of piperidine rings is 1. The van der Waals surface area contributed by atoms with E-state index in [4.69, 9.17) is 4.52 Å². The van der Waals surface area contributed by atoms with Crippen molar-refractivity contribution in [1.29, 1.82) is 0 Å². The van der Waals surface area contributed by atoms with E-state index in [0.29, 0.717) is 24.2 Å². The van der Waals surface area contributed by atoms with Crippen LogP contribution in [0.25, 0.3) is 0 Å². The number of hydrogen-bond donors (Lipinski definition) is 1. The van der Waals surface area contributed by atoms with E-state index in [9.17, 15) is 4.79 Å². The first kappa shape index (κ1) is 17.0. The van der Waals surface area contributed by atoms with Crippen molar-refractivity contribution >= 4 is 17.4 Å². The average Bonchev–Trinajstić information content (AvgIpc) is 3.24. The number of carbonyl (C=O) groups is 1. The van der Waals surface area contributed by atoms with Gasteiger partial charge < -0.3 is 14.7 Å². The summed E-state index contributed by atoms with van der Waals surface area (Å²) in [6.45, 7) is 6.17. The molecular formula is C17H24N4O2S. The Balaban J connectivity index is 1.40. The van der Waals surface area contributed by atoms with Gasteiger partial charge in [-0.1, -0.05) is 18.1 Å². The summed E-state index contributed by atoms with van der Waals surface area (Å²) in [5.41, 5.74) is 0. The standard InChI is InChI=1S/C17H24N4O2S/c1-12(10-15-4-3-9-24-15)11-18-17(22)21-7-5-14(6-8-21)16-19-13(2)20-23-16/h3-4,9,12,14H,5-8,10-11H2,1-2H3,(H,18,22). The zero-order valence-electron chi connectivity index (χ0n) is 14.2. The van der Waals surface area contributed by atoms with Crippen LogP contribution in [0.1, 0.15) is 42.3 Å². The molecule has 1 unspecified atom stereocenters. The van der Waals surface area contributed by atoms with E-state index >= 15 is 0 Å². The number of nitrogens with zero attached hydrogens (tertiary/aromatic N) is 3. The molecule has 0 bridgehead atoms. The molecule has 2 aromatic heterocycles. The van der Waals surface area contributed by atoms with E-state index in [0.717, 1.165) is 32.4 Å². The molecule has 0 aliphatic carbocycles. The number of aryl methyl sites for hydroxylation is 1. The van der Waals surface area contributed by atoms with Crippen LogP contribution in [0.2, 0.25) is 0 Å². The van der Waals surface area contributed by atoms with Gasteiger partial charge in [0.05, 0.1) is 0 Å². The monoisotopic (exact) mass is 348 g/mol. The van der Waals surface area contributed by atoms with Crippen molar-refractivity contribution in [3.05, 3.63) is 34.1 Å². The number of likely N-dealkylation sites (tertiary alicyclic amines) is 1. The van der Waals surface area contributed by atoms with Gasteiger partial charge in [0.2, 0.25) is 5.89 Å². The molecule has 1 N–H and O–H groups in total. The number of nitrogens with one attached hydrogen (secondary N) is 1. The van der Waals surface area contributed by atoms with Crippen molar-refractivity contribution in [2.24, 2.45) is 5.92 Å². The smallest absolute Gasteiger partial charge is 0.317 e. The Morgan fingerprint density at radius 1 is 1.50 bits per heavy atom. The molecule has 0 spiro atoms. The van der Waals surface area contributed by atoms with Crippen molar-refractivity contribution in [3.8, 4) is 0 Å². The van der Waals surface area contributed by atoms with Gasteiger partial charge in [-0.2, -0.15) is 4.98 Å². The van der Waals surface area contributed by atoms with Crippen molar-refractivity contribution in [2.45, 2.75) is 39.0 Å². The highest BCUT2D eigenvalue weighted by molar-refractivity contribution is 7.09. The molecule has 0 radical (unpaired) electrons. The van der Waals surface area contributed by atoms with Crippen molar-refractivity contribution in [3.63, 3.8) is 0 Å². The van der Waals surface area contributed by atoms with Gasteiger partial charge in [0.25, 0.3) is 0 Å². The molecule has 0 aromatic carbocycles. The Morgan fingerprint density at radius 3 is 2.92 bits per heavy atom. The Morgan fingerprint density at radius 2 is 2.29 bits per heavy atom. The van der Waals surface area contributed by atoms with Gasteiger partial charge in [0, 0.05) is 30.4 Å². The highest BCUT2D eigenvalue weighted by atomic mass is 32.1. The molecule has 3 heterocycles. The second-order valence-corrected chi connectivity index (χ2v) is 7.55. The minimum absolute atomic E-state index is 0.0354. The van der Waals surface area contributed by atoms with E-state index in [1.54, 1.807) is 11.3 Å². The molecule has 7 heteroatoms. The number of amides is 2. The zero-order valence-corrected chi connectivity index (χ0v) is 15.0. The maximum absolute atomic E-state index is 12.3. The zero-order chi connectivity index (χ0) is 16.9. The van der Waals surface area contributed by atoms with Crippen LogP contribution in [0.15, 0.2) is 22.0 Å². The summed E-state index contributed by atoms with van der Waals surface area (Å²) < 4.78 is 5.25. The summed E-state index contributed by atoms with van der Waals surface area (Å²) in [6, 6.07) is 4.25. The van der Waals surface area contributed by atoms with E-state index < -0.39 is 0 Å². The van der Waals surface area contributed by atoms with Crippen LogP contribution in [-0.2, 0) is 6.42 Å². The minimum Gasteiger partial charge on any atom is -0.339 e. The number of rotatable bonds is 5. The van der Waals surface area contributed by atoms with Gasteiger partial charge in [0.1, 0.15) is 0 Å². The van der Waals surface area contributed by atoms with Gasteiger partial charge in [-0.3, -0.25) is 0 Å². The first-order chi connectivity index (χ1) is 11.6. The summed E-state index contributed by atoms with van der Waals surface area (Å²) in [7, 11) is 0. The molecule has 1 fully saturated rings. The molecule has 1 saturated heterocycles. The second-order valence-electron chi connectivity index (χ2n) is 6.52. The molecule has 3 rings (SSSR count). The van der Waals surface area contributed by atoms with Crippen LogP contribution in [0.4, 0.5) is 4.79 Å². The van der Waals surface area contributed by atoms with Crippen molar-refractivity contribution in [2.75, 3.05) is 19.6 Å². The molecule has 2 amide bonds. The van der Waals surface area contributed by atoms with Crippen molar-refractivity contribution < 1.29 is 9.32 Å².